The Morgan fingerprint density at radius 1 is 0.935 bits per heavy atom. The molecule has 5 heteroatoms. The van der Waals surface area contributed by atoms with Crippen molar-refractivity contribution in [2.24, 2.45) is 11.1 Å². The van der Waals surface area contributed by atoms with Crippen LogP contribution in [0.25, 0.3) is 11.1 Å². The smallest absolute Gasteiger partial charge is 0.253 e. The second-order valence-corrected chi connectivity index (χ2v) is 8.19. The predicted molar refractivity (Wildman–Crippen MR) is 119 cm³/mol. The van der Waals surface area contributed by atoms with E-state index in [0.29, 0.717) is 37.1 Å². The molecule has 3 aromatic carbocycles. The molecule has 2 amide bonds. The maximum atomic E-state index is 14.1. The van der Waals surface area contributed by atoms with Crippen LogP contribution in [0.2, 0.25) is 0 Å². The zero-order valence-corrected chi connectivity index (χ0v) is 17.3. The first-order valence-electron chi connectivity index (χ1n) is 10.5. The summed E-state index contributed by atoms with van der Waals surface area (Å²) in [5, 5.41) is 0. The van der Waals surface area contributed by atoms with Crippen molar-refractivity contribution >= 4 is 11.8 Å². The molecule has 1 aliphatic heterocycles. The minimum absolute atomic E-state index is 0.0826. The van der Waals surface area contributed by atoms with Crippen LogP contribution >= 0.6 is 0 Å². The van der Waals surface area contributed by atoms with Gasteiger partial charge in [-0.1, -0.05) is 60.7 Å². The van der Waals surface area contributed by atoms with Gasteiger partial charge in [-0.15, -0.1) is 0 Å². The van der Waals surface area contributed by atoms with E-state index >= 15 is 0 Å². The number of nitrogens with two attached hydrogens (primary N) is 1. The Hall–Kier alpha value is -3.47. The highest BCUT2D eigenvalue weighted by molar-refractivity contribution is 5.95. The van der Waals surface area contributed by atoms with Crippen LogP contribution in [0.5, 0.6) is 0 Å². The molecule has 31 heavy (non-hydrogen) atoms. The van der Waals surface area contributed by atoms with E-state index in [9.17, 15) is 14.0 Å². The Morgan fingerprint density at radius 3 is 2.29 bits per heavy atom. The van der Waals surface area contributed by atoms with Gasteiger partial charge in [-0.05, 0) is 48.6 Å². The van der Waals surface area contributed by atoms with E-state index in [4.69, 9.17) is 5.73 Å². The maximum Gasteiger partial charge on any atom is 0.253 e. The fraction of sp³-hybridized carbons (Fsp3) is 0.231. The third-order valence-corrected chi connectivity index (χ3v) is 6.09. The summed E-state index contributed by atoms with van der Waals surface area (Å²) in [6.07, 6.45) is 1.79. The number of carbonyl (C=O) groups excluding carboxylic acids is 2. The van der Waals surface area contributed by atoms with Gasteiger partial charge in [-0.25, -0.2) is 4.39 Å². The summed E-state index contributed by atoms with van der Waals surface area (Å²) < 4.78 is 14.1. The van der Waals surface area contributed by atoms with Gasteiger partial charge in [0.15, 0.2) is 0 Å². The number of piperidine rings is 1. The summed E-state index contributed by atoms with van der Waals surface area (Å²) in [7, 11) is 0. The summed E-state index contributed by atoms with van der Waals surface area (Å²) in [5.74, 6) is -0.747. The molecule has 0 aliphatic carbocycles. The Labute approximate surface area is 181 Å². The van der Waals surface area contributed by atoms with Crippen LogP contribution in [-0.2, 0) is 11.2 Å². The number of hydrogen-bond acceptors (Lipinski definition) is 2. The Kier molecular flexibility index (Phi) is 5.85. The Morgan fingerprint density at radius 2 is 1.61 bits per heavy atom. The molecule has 2 N–H and O–H groups in total. The third-order valence-electron chi connectivity index (χ3n) is 6.09. The van der Waals surface area contributed by atoms with Crippen LogP contribution in [-0.4, -0.2) is 29.8 Å². The Balaban J connectivity index is 1.55. The molecule has 0 aromatic heterocycles. The Bertz CT molecular complexity index is 1080. The first-order chi connectivity index (χ1) is 15.0. The van der Waals surface area contributed by atoms with Crippen molar-refractivity contribution in [2.75, 3.05) is 13.1 Å². The standard InChI is InChI=1S/C26H25FN2O2/c27-23-10-5-4-9-22(23)20-13-11-19(12-14-20)17-26(25(28)31)15-6-16-29(18-26)24(30)21-7-2-1-3-8-21/h1-5,7-14H,6,15-18H2,(H2,28,31). The lowest BCUT2D eigenvalue weighted by Gasteiger charge is -2.41. The largest absolute Gasteiger partial charge is 0.369 e. The van der Waals surface area contributed by atoms with Crippen LogP contribution < -0.4 is 5.73 Å². The number of carbonyl (C=O) groups is 2. The van der Waals surface area contributed by atoms with Crippen molar-refractivity contribution < 1.29 is 14.0 Å². The average Bonchev–Trinajstić information content (AvgIpc) is 2.80. The molecule has 0 radical (unpaired) electrons. The molecule has 1 saturated heterocycles. The molecular weight excluding hydrogens is 391 g/mol. The van der Waals surface area contributed by atoms with Crippen LogP contribution in [0.3, 0.4) is 0 Å². The molecule has 1 atom stereocenters. The van der Waals surface area contributed by atoms with E-state index in [2.05, 4.69) is 0 Å². The minimum atomic E-state index is -0.817. The van der Waals surface area contributed by atoms with E-state index in [1.54, 1.807) is 35.2 Å². The van der Waals surface area contributed by atoms with Crippen molar-refractivity contribution in [3.8, 4) is 11.1 Å². The van der Waals surface area contributed by atoms with Crippen molar-refractivity contribution in [1.29, 1.82) is 0 Å². The number of benzene rings is 3. The van der Waals surface area contributed by atoms with Crippen molar-refractivity contribution in [3.63, 3.8) is 0 Å². The lowest BCUT2D eigenvalue weighted by atomic mass is 9.74. The van der Waals surface area contributed by atoms with Gasteiger partial charge in [0.2, 0.25) is 5.91 Å². The monoisotopic (exact) mass is 416 g/mol. The normalized spacial score (nSPS) is 18.5. The van der Waals surface area contributed by atoms with E-state index in [1.165, 1.54) is 6.07 Å². The average molecular weight is 416 g/mol. The van der Waals surface area contributed by atoms with Gasteiger partial charge in [0.05, 0.1) is 5.41 Å². The lowest BCUT2D eigenvalue weighted by Crippen LogP contribution is -2.53. The number of likely N-dealkylation sites (tertiary alicyclic amines) is 1. The molecule has 1 aliphatic rings. The lowest BCUT2D eigenvalue weighted by molar-refractivity contribution is -0.130. The number of rotatable bonds is 5. The third kappa shape index (κ3) is 4.36. The van der Waals surface area contributed by atoms with Crippen molar-refractivity contribution in [2.45, 2.75) is 19.3 Å². The number of amides is 2. The number of halogens is 1. The zero-order chi connectivity index (χ0) is 21.8. The number of hydrogen-bond donors (Lipinski definition) is 1. The van der Waals surface area contributed by atoms with E-state index in [0.717, 1.165) is 17.5 Å². The SMILES string of the molecule is NC(=O)C1(Cc2ccc(-c3ccccc3F)cc2)CCCN(C(=O)c2ccccc2)C1. The summed E-state index contributed by atoms with van der Waals surface area (Å²) in [6.45, 7) is 0.903. The van der Waals surface area contributed by atoms with Crippen LogP contribution in [0, 0.1) is 11.2 Å². The van der Waals surface area contributed by atoms with Gasteiger partial charge in [0, 0.05) is 24.2 Å². The molecule has 4 nitrogen and oxygen atoms in total. The summed E-state index contributed by atoms with van der Waals surface area (Å²) in [4.78, 5) is 27.2. The fourth-order valence-corrected chi connectivity index (χ4v) is 4.39. The predicted octanol–water partition coefficient (Wildman–Crippen LogP) is 4.44. The van der Waals surface area contributed by atoms with Gasteiger partial charge < -0.3 is 10.6 Å². The molecule has 3 aromatic rings. The molecule has 1 fully saturated rings. The van der Waals surface area contributed by atoms with Crippen LogP contribution in [0.1, 0.15) is 28.8 Å². The number of primary amides is 1. The van der Waals surface area contributed by atoms with E-state index < -0.39 is 11.3 Å². The second kappa shape index (κ2) is 8.72. The topological polar surface area (TPSA) is 63.4 Å². The minimum Gasteiger partial charge on any atom is -0.369 e. The molecule has 1 heterocycles. The van der Waals surface area contributed by atoms with E-state index in [-0.39, 0.29) is 11.7 Å². The van der Waals surface area contributed by atoms with Crippen LogP contribution in [0.4, 0.5) is 4.39 Å². The molecule has 0 saturated carbocycles. The van der Waals surface area contributed by atoms with Gasteiger partial charge >= 0.3 is 0 Å². The van der Waals surface area contributed by atoms with Crippen molar-refractivity contribution in [1.82, 2.24) is 4.90 Å². The van der Waals surface area contributed by atoms with Gasteiger partial charge in [-0.3, -0.25) is 9.59 Å². The highest BCUT2D eigenvalue weighted by atomic mass is 19.1. The van der Waals surface area contributed by atoms with Gasteiger partial charge in [0.1, 0.15) is 5.82 Å². The highest BCUT2D eigenvalue weighted by Gasteiger charge is 2.42. The summed E-state index contributed by atoms with van der Waals surface area (Å²) in [6, 6.07) is 23.3. The van der Waals surface area contributed by atoms with Crippen LogP contribution in [0.15, 0.2) is 78.9 Å². The highest BCUT2D eigenvalue weighted by Crippen LogP contribution is 2.35. The summed E-state index contributed by atoms with van der Waals surface area (Å²) >= 11 is 0. The number of nitrogens with zero attached hydrogens (tertiary/aromatic N) is 1. The molecular formula is C26H25FN2O2. The quantitative estimate of drug-likeness (QED) is 0.668. The molecule has 0 spiro atoms. The maximum absolute atomic E-state index is 14.1. The first kappa shape index (κ1) is 20.8. The molecule has 0 bridgehead atoms. The molecule has 1 unspecified atom stereocenters. The molecule has 158 valence electrons. The summed E-state index contributed by atoms with van der Waals surface area (Å²) in [5.41, 5.74) is 7.91. The fourth-order valence-electron chi connectivity index (χ4n) is 4.39. The van der Waals surface area contributed by atoms with Gasteiger partial charge in [0.25, 0.3) is 5.91 Å². The molecule has 4 rings (SSSR count). The first-order valence-corrected chi connectivity index (χ1v) is 10.5. The second-order valence-electron chi connectivity index (χ2n) is 8.19. The van der Waals surface area contributed by atoms with E-state index in [1.807, 2.05) is 42.5 Å². The van der Waals surface area contributed by atoms with Gasteiger partial charge in [-0.2, -0.15) is 0 Å². The zero-order valence-electron chi connectivity index (χ0n) is 17.3. The van der Waals surface area contributed by atoms with Crippen molar-refractivity contribution in [3.05, 3.63) is 95.8 Å².